The largest absolute Gasteiger partial charge is 0.480 e. The van der Waals surface area contributed by atoms with Gasteiger partial charge in [0.2, 0.25) is 10.0 Å². The lowest BCUT2D eigenvalue weighted by molar-refractivity contribution is -0.139. The summed E-state index contributed by atoms with van der Waals surface area (Å²) in [5.74, 6) is -1.63. The quantitative estimate of drug-likeness (QED) is 0.815. The van der Waals surface area contributed by atoms with Crippen LogP contribution in [0.1, 0.15) is 24.4 Å². The number of carbonyl (C=O) groups is 1. The fourth-order valence-corrected chi connectivity index (χ4v) is 3.69. The highest BCUT2D eigenvalue weighted by Gasteiger charge is 2.47. The third-order valence-electron chi connectivity index (χ3n) is 3.23. The molecule has 0 bridgehead atoms. The molecule has 20 heavy (non-hydrogen) atoms. The summed E-state index contributed by atoms with van der Waals surface area (Å²) in [5, 5.41) is 18.1. The second-order valence-corrected chi connectivity index (χ2v) is 6.70. The van der Waals surface area contributed by atoms with Crippen LogP contribution in [0.25, 0.3) is 0 Å². The van der Waals surface area contributed by atoms with Gasteiger partial charge in [-0.3, -0.25) is 4.79 Å². The molecule has 0 heterocycles. The van der Waals surface area contributed by atoms with Gasteiger partial charge < -0.3 is 5.11 Å². The van der Waals surface area contributed by atoms with Crippen LogP contribution in [0.15, 0.2) is 30.3 Å². The highest BCUT2D eigenvalue weighted by Crippen LogP contribution is 2.45. The van der Waals surface area contributed by atoms with Gasteiger partial charge in [-0.15, -0.1) is 0 Å². The van der Waals surface area contributed by atoms with E-state index in [0.717, 1.165) is 0 Å². The molecule has 1 aliphatic rings. The fraction of sp³-hybridized carbons (Fsp3) is 0.385. The number of carboxylic acid groups (broad SMARTS) is 1. The van der Waals surface area contributed by atoms with E-state index in [1.165, 1.54) is 0 Å². The van der Waals surface area contributed by atoms with Gasteiger partial charge in [-0.2, -0.15) is 9.98 Å². The van der Waals surface area contributed by atoms with E-state index >= 15 is 0 Å². The minimum atomic E-state index is -3.83. The summed E-state index contributed by atoms with van der Waals surface area (Å²) < 4.78 is 26.2. The van der Waals surface area contributed by atoms with Crippen LogP contribution in [0.3, 0.4) is 0 Å². The standard InChI is InChI=1S/C13H14N2O4S/c14-8-13(6-7-13)9-20(18,19)15-11(12(16)17)10-4-2-1-3-5-10/h1-5,11,15H,6-7,9H2,(H,16,17)/t11-/m0/s1. The highest BCUT2D eigenvalue weighted by atomic mass is 32.2. The van der Waals surface area contributed by atoms with E-state index in [0.29, 0.717) is 18.4 Å². The first-order valence-corrected chi connectivity index (χ1v) is 7.72. The molecule has 0 amide bonds. The monoisotopic (exact) mass is 294 g/mol. The topological polar surface area (TPSA) is 107 Å². The number of nitrogens with one attached hydrogen (secondary N) is 1. The summed E-state index contributed by atoms with van der Waals surface area (Å²) in [6.07, 6.45) is 1.07. The molecule has 0 aliphatic heterocycles. The average molecular weight is 294 g/mol. The summed E-state index contributed by atoms with van der Waals surface area (Å²) in [4.78, 5) is 11.2. The van der Waals surface area contributed by atoms with Crippen molar-refractivity contribution in [1.82, 2.24) is 4.72 Å². The number of sulfonamides is 1. The number of carboxylic acids is 1. The lowest BCUT2D eigenvalue weighted by Crippen LogP contribution is -2.37. The van der Waals surface area contributed by atoms with Crippen molar-refractivity contribution in [3.05, 3.63) is 35.9 Å². The molecule has 1 aliphatic carbocycles. The highest BCUT2D eigenvalue weighted by molar-refractivity contribution is 7.89. The van der Waals surface area contributed by atoms with Crippen LogP contribution in [0.2, 0.25) is 0 Å². The number of benzene rings is 1. The number of hydrogen-bond donors (Lipinski definition) is 2. The van der Waals surface area contributed by atoms with Gasteiger partial charge in [-0.1, -0.05) is 30.3 Å². The van der Waals surface area contributed by atoms with Crippen molar-refractivity contribution in [1.29, 1.82) is 5.26 Å². The van der Waals surface area contributed by atoms with Gasteiger partial charge in [0.05, 0.1) is 17.2 Å². The Hall–Kier alpha value is -1.91. The smallest absolute Gasteiger partial charge is 0.326 e. The van der Waals surface area contributed by atoms with E-state index in [1.54, 1.807) is 30.3 Å². The first kappa shape index (κ1) is 14.5. The number of aliphatic carboxylic acids is 1. The summed E-state index contributed by atoms with van der Waals surface area (Å²) >= 11 is 0. The molecule has 1 atom stereocenters. The Morgan fingerprint density at radius 1 is 1.40 bits per heavy atom. The second kappa shape index (κ2) is 5.23. The van der Waals surface area contributed by atoms with Crippen molar-refractivity contribution in [3.8, 4) is 6.07 Å². The van der Waals surface area contributed by atoms with Gasteiger partial charge in [-0.05, 0) is 18.4 Å². The van der Waals surface area contributed by atoms with Crippen molar-refractivity contribution in [2.45, 2.75) is 18.9 Å². The Bertz CT molecular complexity index is 645. The molecule has 1 aromatic carbocycles. The summed E-state index contributed by atoms with van der Waals surface area (Å²) in [6, 6.07) is 8.71. The third-order valence-corrected chi connectivity index (χ3v) is 4.76. The van der Waals surface area contributed by atoms with E-state index in [1.807, 2.05) is 6.07 Å². The zero-order valence-electron chi connectivity index (χ0n) is 10.6. The van der Waals surface area contributed by atoms with Gasteiger partial charge in [0.25, 0.3) is 0 Å². The molecular formula is C13H14N2O4S. The van der Waals surface area contributed by atoms with Crippen molar-refractivity contribution >= 4 is 16.0 Å². The molecular weight excluding hydrogens is 280 g/mol. The zero-order chi connectivity index (χ0) is 14.8. The Kier molecular flexibility index (Phi) is 3.79. The predicted molar refractivity (Wildman–Crippen MR) is 71.0 cm³/mol. The lowest BCUT2D eigenvalue weighted by atomic mass is 10.1. The lowest BCUT2D eigenvalue weighted by Gasteiger charge is -2.16. The maximum absolute atomic E-state index is 12.0. The Balaban J connectivity index is 2.17. The van der Waals surface area contributed by atoms with E-state index in [9.17, 15) is 13.2 Å². The average Bonchev–Trinajstić information content (AvgIpc) is 3.16. The first-order chi connectivity index (χ1) is 9.37. The predicted octanol–water partition coefficient (Wildman–Crippen LogP) is 1.04. The second-order valence-electron chi connectivity index (χ2n) is 4.95. The molecule has 7 heteroatoms. The Labute approximate surface area is 117 Å². The summed E-state index contributed by atoms with van der Waals surface area (Å²) in [7, 11) is -3.83. The van der Waals surface area contributed by atoms with Crippen molar-refractivity contribution in [3.63, 3.8) is 0 Å². The van der Waals surface area contributed by atoms with Gasteiger partial charge in [0, 0.05) is 0 Å². The van der Waals surface area contributed by atoms with Gasteiger partial charge >= 0.3 is 5.97 Å². The van der Waals surface area contributed by atoms with Crippen LogP contribution < -0.4 is 4.72 Å². The molecule has 2 N–H and O–H groups in total. The van der Waals surface area contributed by atoms with Crippen LogP contribution in [-0.4, -0.2) is 25.2 Å². The van der Waals surface area contributed by atoms with Crippen LogP contribution in [0.5, 0.6) is 0 Å². The van der Waals surface area contributed by atoms with Gasteiger partial charge in [0.1, 0.15) is 6.04 Å². The minimum Gasteiger partial charge on any atom is -0.480 e. The Morgan fingerprint density at radius 3 is 2.45 bits per heavy atom. The molecule has 1 aromatic rings. The molecule has 0 saturated heterocycles. The molecule has 2 rings (SSSR count). The molecule has 6 nitrogen and oxygen atoms in total. The van der Waals surface area contributed by atoms with Crippen molar-refractivity contribution in [2.24, 2.45) is 5.41 Å². The van der Waals surface area contributed by atoms with Gasteiger partial charge in [-0.25, -0.2) is 8.42 Å². The first-order valence-electron chi connectivity index (χ1n) is 6.06. The molecule has 0 spiro atoms. The van der Waals surface area contributed by atoms with E-state index in [4.69, 9.17) is 10.4 Å². The number of hydrogen-bond acceptors (Lipinski definition) is 4. The molecule has 1 saturated carbocycles. The molecule has 0 unspecified atom stereocenters. The van der Waals surface area contributed by atoms with Crippen LogP contribution in [0.4, 0.5) is 0 Å². The maximum atomic E-state index is 12.0. The fourth-order valence-electron chi connectivity index (χ4n) is 1.93. The minimum absolute atomic E-state index is 0.352. The molecule has 0 aromatic heterocycles. The SMILES string of the molecule is N#CC1(CS(=O)(=O)N[C@H](C(=O)O)c2ccccc2)CC1. The summed E-state index contributed by atoms with van der Waals surface area (Å²) in [6.45, 7) is 0. The van der Waals surface area contributed by atoms with Gasteiger partial charge in [0.15, 0.2) is 0 Å². The van der Waals surface area contributed by atoms with E-state index in [2.05, 4.69) is 4.72 Å². The number of rotatable bonds is 6. The van der Waals surface area contributed by atoms with Crippen LogP contribution >= 0.6 is 0 Å². The zero-order valence-corrected chi connectivity index (χ0v) is 11.4. The number of nitriles is 1. The third kappa shape index (κ3) is 3.35. The van der Waals surface area contributed by atoms with E-state index in [-0.39, 0.29) is 5.75 Å². The molecule has 0 radical (unpaired) electrons. The van der Waals surface area contributed by atoms with Crippen LogP contribution in [-0.2, 0) is 14.8 Å². The summed E-state index contributed by atoms with van der Waals surface area (Å²) in [5.41, 5.74) is -0.489. The van der Waals surface area contributed by atoms with Crippen molar-refractivity contribution in [2.75, 3.05) is 5.75 Å². The Morgan fingerprint density at radius 2 is 2.00 bits per heavy atom. The molecule has 106 valence electrons. The normalized spacial score (nSPS) is 17.9. The maximum Gasteiger partial charge on any atom is 0.326 e. The van der Waals surface area contributed by atoms with Crippen LogP contribution in [0, 0.1) is 16.7 Å². The van der Waals surface area contributed by atoms with Crippen molar-refractivity contribution < 1.29 is 18.3 Å². The molecule has 1 fully saturated rings. The van der Waals surface area contributed by atoms with E-state index < -0.39 is 27.4 Å². The number of nitrogens with zero attached hydrogens (tertiary/aromatic N) is 1.